The van der Waals surface area contributed by atoms with Crippen LogP contribution in [0.4, 0.5) is 0 Å². The molecule has 1 N–H and O–H groups in total. The highest BCUT2D eigenvalue weighted by Gasteiger charge is 2.21. The third-order valence-corrected chi connectivity index (χ3v) is 2.76. The van der Waals surface area contributed by atoms with Gasteiger partial charge in [0.25, 0.3) is 0 Å². The van der Waals surface area contributed by atoms with Crippen molar-refractivity contribution >= 4 is 5.97 Å². The van der Waals surface area contributed by atoms with E-state index in [1.54, 1.807) is 42.9 Å². The summed E-state index contributed by atoms with van der Waals surface area (Å²) in [4.78, 5) is 23.6. The van der Waals surface area contributed by atoms with Crippen LogP contribution in [0.15, 0.2) is 42.9 Å². The van der Waals surface area contributed by atoms with Crippen molar-refractivity contribution < 1.29 is 9.90 Å². The van der Waals surface area contributed by atoms with Crippen LogP contribution in [0.25, 0.3) is 11.4 Å². The van der Waals surface area contributed by atoms with Crippen molar-refractivity contribution in [2.75, 3.05) is 0 Å². The van der Waals surface area contributed by atoms with E-state index in [2.05, 4.69) is 25.3 Å². The molecule has 8 heteroatoms. The average Bonchev–Trinajstić information content (AvgIpc) is 2.93. The summed E-state index contributed by atoms with van der Waals surface area (Å²) < 4.78 is 1.43. The van der Waals surface area contributed by atoms with E-state index in [-0.39, 0.29) is 12.2 Å². The Morgan fingerprint density at radius 1 is 1.10 bits per heavy atom. The zero-order valence-corrected chi connectivity index (χ0v) is 10.8. The van der Waals surface area contributed by atoms with E-state index in [0.717, 1.165) is 0 Å². The van der Waals surface area contributed by atoms with Crippen LogP contribution in [-0.4, -0.2) is 41.0 Å². The number of carboxylic acids is 1. The van der Waals surface area contributed by atoms with Gasteiger partial charge in [-0.1, -0.05) is 11.3 Å². The van der Waals surface area contributed by atoms with Gasteiger partial charge < -0.3 is 5.11 Å². The summed E-state index contributed by atoms with van der Waals surface area (Å²) in [6.45, 7) is 0.215. The summed E-state index contributed by atoms with van der Waals surface area (Å²) in [5.41, 5.74) is 0.663. The lowest BCUT2D eigenvalue weighted by atomic mass is 10.2. The molecule has 0 unspecified atom stereocenters. The lowest BCUT2D eigenvalue weighted by molar-refractivity contribution is 0.0691. The lowest BCUT2D eigenvalue weighted by Gasteiger charge is -2.05. The first-order valence-electron chi connectivity index (χ1n) is 6.10. The summed E-state index contributed by atoms with van der Waals surface area (Å²) in [7, 11) is 0. The quantitative estimate of drug-likeness (QED) is 0.756. The standard InChI is InChI=1S/C13H10N6O2/c20-13(21)11-12(9-4-1-2-5-14-9)19(18-17-11)8-10-15-6-3-7-16-10/h1-7H,8H2,(H,20,21). The zero-order valence-electron chi connectivity index (χ0n) is 10.8. The van der Waals surface area contributed by atoms with Crippen molar-refractivity contribution in [3.05, 3.63) is 54.4 Å². The van der Waals surface area contributed by atoms with E-state index in [1.807, 2.05) is 0 Å². The minimum Gasteiger partial charge on any atom is -0.476 e. The Labute approximate surface area is 119 Å². The molecule has 3 aromatic heterocycles. The monoisotopic (exact) mass is 282 g/mol. The predicted molar refractivity (Wildman–Crippen MR) is 71.3 cm³/mol. The van der Waals surface area contributed by atoms with E-state index >= 15 is 0 Å². The van der Waals surface area contributed by atoms with E-state index in [1.165, 1.54) is 4.68 Å². The molecule has 104 valence electrons. The number of pyridine rings is 1. The number of rotatable bonds is 4. The number of carbonyl (C=O) groups is 1. The molecule has 0 aliphatic rings. The van der Waals surface area contributed by atoms with Crippen LogP contribution in [0.5, 0.6) is 0 Å². The molecular weight excluding hydrogens is 272 g/mol. The first kappa shape index (κ1) is 12.9. The highest BCUT2D eigenvalue weighted by Crippen LogP contribution is 2.20. The molecule has 8 nitrogen and oxygen atoms in total. The van der Waals surface area contributed by atoms with Crippen LogP contribution >= 0.6 is 0 Å². The van der Waals surface area contributed by atoms with Gasteiger partial charge in [-0.2, -0.15) is 0 Å². The SMILES string of the molecule is O=C(O)c1nnn(Cc2ncccn2)c1-c1ccccn1. The number of hydrogen-bond acceptors (Lipinski definition) is 6. The van der Waals surface area contributed by atoms with Crippen LogP contribution in [0, 0.1) is 0 Å². The largest absolute Gasteiger partial charge is 0.476 e. The Kier molecular flexibility index (Phi) is 3.34. The summed E-state index contributed by atoms with van der Waals surface area (Å²) in [6.07, 6.45) is 4.80. The fourth-order valence-electron chi connectivity index (χ4n) is 1.87. The van der Waals surface area contributed by atoms with Gasteiger partial charge in [0.05, 0.1) is 5.69 Å². The van der Waals surface area contributed by atoms with Gasteiger partial charge in [-0.25, -0.2) is 19.4 Å². The molecule has 0 radical (unpaired) electrons. The van der Waals surface area contributed by atoms with Crippen molar-refractivity contribution in [1.29, 1.82) is 0 Å². The molecule has 3 heterocycles. The van der Waals surface area contributed by atoms with Crippen molar-refractivity contribution in [3.63, 3.8) is 0 Å². The number of aromatic nitrogens is 6. The van der Waals surface area contributed by atoms with E-state index < -0.39 is 5.97 Å². The van der Waals surface area contributed by atoms with Crippen LogP contribution in [0.3, 0.4) is 0 Å². The van der Waals surface area contributed by atoms with Gasteiger partial charge in [0, 0.05) is 18.6 Å². The third-order valence-electron chi connectivity index (χ3n) is 2.76. The van der Waals surface area contributed by atoms with Crippen molar-refractivity contribution in [2.45, 2.75) is 6.54 Å². The highest BCUT2D eigenvalue weighted by molar-refractivity contribution is 5.92. The van der Waals surface area contributed by atoms with Crippen molar-refractivity contribution in [2.24, 2.45) is 0 Å². The molecular formula is C13H10N6O2. The van der Waals surface area contributed by atoms with Gasteiger partial charge >= 0.3 is 5.97 Å². The van der Waals surface area contributed by atoms with E-state index in [0.29, 0.717) is 17.2 Å². The number of carboxylic acid groups (broad SMARTS) is 1. The number of aromatic carboxylic acids is 1. The summed E-state index contributed by atoms with van der Waals surface area (Å²) in [5.74, 6) is -0.646. The molecule has 0 saturated carbocycles. The van der Waals surface area contributed by atoms with Crippen LogP contribution < -0.4 is 0 Å². The molecule has 0 aliphatic heterocycles. The zero-order chi connectivity index (χ0) is 14.7. The van der Waals surface area contributed by atoms with Gasteiger partial charge in [-0.05, 0) is 18.2 Å². The van der Waals surface area contributed by atoms with Gasteiger partial charge in [0.1, 0.15) is 18.1 Å². The second kappa shape index (κ2) is 5.45. The molecule has 0 aliphatic carbocycles. The molecule has 0 atom stereocenters. The number of hydrogen-bond donors (Lipinski definition) is 1. The second-order valence-corrected chi connectivity index (χ2v) is 4.13. The maximum atomic E-state index is 11.3. The Bertz CT molecular complexity index is 757. The van der Waals surface area contributed by atoms with Crippen LogP contribution in [0.2, 0.25) is 0 Å². The molecule has 0 bridgehead atoms. The van der Waals surface area contributed by atoms with Crippen LogP contribution in [0.1, 0.15) is 16.3 Å². The first-order valence-corrected chi connectivity index (χ1v) is 6.10. The summed E-state index contributed by atoms with van der Waals surface area (Å²) in [5, 5.41) is 16.8. The molecule has 3 rings (SSSR count). The average molecular weight is 282 g/mol. The van der Waals surface area contributed by atoms with Gasteiger partial charge in [0.2, 0.25) is 0 Å². The Balaban J connectivity index is 2.07. The second-order valence-electron chi connectivity index (χ2n) is 4.13. The van der Waals surface area contributed by atoms with Crippen LogP contribution in [-0.2, 0) is 6.54 Å². The molecule has 0 aromatic carbocycles. The van der Waals surface area contributed by atoms with Crippen molar-refractivity contribution in [3.8, 4) is 11.4 Å². The third kappa shape index (κ3) is 2.59. The molecule has 3 aromatic rings. The Morgan fingerprint density at radius 3 is 2.52 bits per heavy atom. The maximum absolute atomic E-state index is 11.3. The maximum Gasteiger partial charge on any atom is 0.358 e. The highest BCUT2D eigenvalue weighted by atomic mass is 16.4. The Morgan fingerprint density at radius 2 is 1.86 bits per heavy atom. The first-order chi connectivity index (χ1) is 10.3. The van der Waals surface area contributed by atoms with Gasteiger partial charge in [0.15, 0.2) is 5.69 Å². The van der Waals surface area contributed by atoms with Gasteiger partial charge in [-0.15, -0.1) is 5.10 Å². The minimum atomic E-state index is -1.16. The topological polar surface area (TPSA) is 107 Å². The van der Waals surface area contributed by atoms with E-state index in [4.69, 9.17) is 0 Å². The smallest absolute Gasteiger partial charge is 0.358 e. The fraction of sp³-hybridized carbons (Fsp3) is 0.0769. The normalized spacial score (nSPS) is 10.5. The fourth-order valence-corrected chi connectivity index (χ4v) is 1.87. The molecule has 0 fully saturated rings. The number of nitrogens with zero attached hydrogens (tertiary/aromatic N) is 6. The van der Waals surface area contributed by atoms with E-state index in [9.17, 15) is 9.90 Å². The molecule has 0 amide bonds. The molecule has 0 spiro atoms. The predicted octanol–water partition coefficient (Wildman–Crippen LogP) is 0.877. The minimum absolute atomic E-state index is 0.148. The van der Waals surface area contributed by atoms with Crippen molar-refractivity contribution in [1.82, 2.24) is 29.9 Å². The molecule has 21 heavy (non-hydrogen) atoms. The lowest BCUT2D eigenvalue weighted by Crippen LogP contribution is -2.09. The summed E-state index contributed by atoms with van der Waals surface area (Å²) in [6, 6.07) is 6.92. The molecule has 0 saturated heterocycles. The summed E-state index contributed by atoms with van der Waals surface area (Å²) >= 11 is 0. The van der Waals surface area contributed by atoms with Gasteiger partial charge in [-0.3, -0.25) is 4.98 Å². The Hall–Kier alpha value is -3.16.